The van der Waals surface area contributed by atoms with Crippen LogP contribution in [0.15, 0.2) is 16.8 Å². The highest BCUT2D eigenvalue weighted by atomic mass is 32.1. The van der Waals surface area contributed by atoms with E-state index in [0.717, 1.165) is 0 Å². The Balaban J connectivity index is 2.04. The van der Waals surface area contributed by atoms with Crippen molar-refractivity contribution < 1.29 is 0 Å². The Hall–Kier alpha value is -0.340. The fraction of sp³-hybridized carbons (Fsp3) is 0.667. The lowest BCUT2D eigenvalue weighted by atomic mass is 9.86. The summed E-state index contributed by atoms with van der Waals surface area (Å²) in [5.41, 5.74) is 1.94. The van der Waals surface area contributed by atoms with Gasteiger partial charge in [-0.05, 0) is 54.6 Å². The molecule has 1 unspecified atom stereocenters. The highest BCUT2D eigenvalue weighted by Gasteiger charge is 2.32. The summed E-state index contributed by atoms with van der Waals surface area (Å²) in [6.45, 7) is 3.50. The highest BCUT2D eigenvalue weighted by molar-refractivity contribution is 7.07. The minimum absolute atomic E-state index is 0.426. The minimum atomic E-state index is 0.426. The van der Waals surface area contributed by atoms with Gasteiger partial charge in [0.25, 0.3) is 0 Å². The number of nitrogens with one attached hydrogen (secondary N) is 1. The monoisotopic (exact) mass is 209 g/mol. The maximum Gasteiger partial charge on any atom is 0.0222 e. The van der Waals surface area contributed by atoms with Gasteiger partial charge in [0, 0.05) is 5.54 Å². The molecule has 1 aliphatic rings. The standard InChI is InChI=1S/C12H19NS/c1-2-5-12(6-3-7-13-12)9-11-4-8-14-10-11/h4,8,10,13H,2-3,5-7,9H2,1H3. The molecule has 1 aromatic rings. The van der Waals surface area contributed by atoms with E-state index in [4.69, 9.17) is 0 Å². The van der Waals surface area contributed by atoms with Crippen LogP contribution in [0.5, 0.6) is 0 Å². The summed E-state index contributed by atoms with van der Waals surface area (Å²) in [4.78, 5) is 0. The molecule has 0 bridgehead atoms. The van der Waals surface area contributed by atoms with E-state index in [1.165, 1.54) is 44.2 Å². The lowest BCUT2D eigenvalue weighted by Gasteiger charge is -2.29. The van der Waals surface area contributed by atoms with Crippen molar-refractivity contribution in [2.45, 2.75) is 44.6 Å². The van der Waals surface area contributed by atoms with Crippen LogP contribution in [0.1, 0.15) is 38.2 Å². The van der Waals surface area contributed by atoms with Crippen LogP contribution in [-0.4, -0.2) is 12.1 Å². The van der Waals surface area contributed by atoms with E-state index in [-0.39, 0.29) is 0 Å². The molecule has 2 heteroatoms. The molecule has 2 rings (SSSR count). The van der Waals surface area contributed by atoms with Gasteiger partial charge in [-0.1, -0.05) is 13.3 Å². The molecule has 0 aliphatic carbocycles. The highest BCUT2D eigenvalue weighted by Crippen LogP contribution is 2.29. The first-order valence-electron chi connectivity index (χ1n) is 5.61. The zero-order chi connectivity index (χ0) is 9.86. The molecule has 14 heavy (non-hydrogen) atoms. The summed E-state index contributed by atoms with van der Waals surface area (Å²) in [6, 6.07) is 2.27. The second kappa shape index (κ2) is 4.45. The van der Waals surface area contributed by atoms with Crippen molar-refractivity contribution >= 4 is 11.3 Å². The van der Waals surface area contributed by atoms with E-state index in [2.05, 4.69) is 29.1 Å². The molecule has 1 fully saturated rings. The Kier molecular flexibility index (Phi) is 3.24. The second-order valence-electron chi connectivity index (χ2n) is 4.37. The molecule has 0 spiro atoms. The largest absolute Gasteiger partial charge is 0.311 e. The van der Waals surface area contributed by atoms with Crippen molar-refractivity contribution in [2.24, 2.45) is 0 Å². The van der Waals surface area contributed by atoms with Crippen molar-refractivity contribution in [3.63, 3.8) is 0 Å². The maximum atomic E-state index is 3.71. The summed E-state index contributed by atoms with van der Waals surface area (Å²) in [7, 11) is 0. The fourth-order valence-electron chi connectivity index (χ4n) is 2.58. The predicted molar refractivity (Wildman–Crippen MR) is 62.9 cm³/mol. The Morgan fingerprint density at radius 2 is 2.50 bits per heavy atom. The summed E-state index contributed by atoms with van der Waals surface area (Å²) < 4.78 is 0. The molecule has 0 amide bonds. The molecule has 1 saturated heterocycles. The molecular formula is C12H19NS. The van der Waals surface area contributed by atoms with Crippen LogP contribution in [0.2, 0.25) is 0 Å². The number of rotatable bonds is 4. The molecular weight excluding hydrogens is 190 g/mol. The van der Waals surface area contributed by atoms with E-state index in [9.17, 15) is 0 Å². The van der Waals surface area contributed by atoms with E-state index in [1.54, 1.807) is 0 Å². The summed E-state index contributed by atoms with van der Waals surface area (Å²) >= 11 is 1.81. The van der Waals surface area contributed by atoms with Gasteiger partial charge in [-0.3, -0.25) is 0 Å². The summed E-state index contributed by atoms with van der Waals surface area (Å²) in [6.07, 6.45) is 6.55. The third kappa shape index (κ3) is 2.18. The predicted octanol–water partition coefficient (Wildman–Crippen LogP) is 3.21. The number of hydrogen-bond acceptors (Lipinski definition) is 2. The van der Waals surface area contributed by atoms with Crippen LogP contribution in [0.25, 0.3) is 0 Å². The van der Waals surface area contributed by atoms with Crippen LogP contribution in [0.4, 0.5) is 0 Å². The lowest BCUT2D eigenvalue weighted by Crippen LogP contribution is -2.41. The molecule has 1 aliphatic heterocycles. The Morgan fingerprint density at radius 1 is 1.57 bits per heavy atom. The molecule has 1 aromatic heterocycles. The third-order valence-corrected chi connectivity index (χ3v) is 3.92. The van der Waals surface area contributed by atoms with Crippen molar-refractivity contribution in [1.29, 1.82) is 0 Å². The Labute approximate surface area is 90.5 Å². The molecule has 2 heterocycles. The van der Waals surface area contributed by atoms with Crippen LogP contribution in [-0.2, 0) is 6.42 Å². The first kappa shape index (κ1) is 10.2. The van der Waals surface area contributed by atoms with Gasteiger partial charge in [0.2, 0.25) is 0 Å². The van der Waals surface area contributed by atoms with Gasteiger partial charge in [0.05, 0.1) is 0 Å². The van der Waals surface area contributed by atoms with E-state index in [0.29, 0.717) is 5.54 Å². The van der Waals surface area contributed by atoms with Crippen LogP contribution >= 0.6 is 11.3 Å². The minimum Gasteiger partial charge on any atom is -0.311 e. The van der Waals surface area contributed by atoms with Gasteiger partial charge in [-0.15, -0.1) is 0 Å². The average molecular weight is 209 g/mol. The van der Waals surface area contributed by atoms with Gasteiger partial charge in [-0.2, -0.15) is 11.3 Å². The van der Waals surface area contributed by atoms with Crippen LogP contribution in [0, 0.1) is 0 Å². The number of thiophene rings is 1. The second-order valence-corrected chi connectivity index (χ2v) is 5.15. The smallest absolute Gasteiger partial charge is 0.0222 e. The molecule has 0 saturated carbocycles. The van der Waals surface area contributed by atoms with Crippen molar-refractivity contribution in [2.75, 3.05) is 6.54 Å². The van der Waals surface area contributed by atoms with Crippen molar-refractivity contribution in [3.8, 4) is 0 Å². The first-order valence-corrected chi connectivity index (χ1v) is 6.55. The van der Waals surface area contributed by atoms with Crippen molar-refractivity contribution in [3.05, 3.63) is 22.4 Å². The topological polar surface area (TPSA) is 12.0 Å². The summed E-state index contributed by atoms with van der Waals surface area (Å²) in [5.74, 6) is 0. The zero-order valence-electron chi connectivity index (χ0n) is 8.88. The van der Waals surface area contributed by atoms with Crippen molar-refractivity contribution in [1.82, 2.24) is 5.32 Å². The normalized spacial score (nSPS) is 26.9. The zero-order valence-corrected chi connectivity index (χ0v) is 9.70. The van der Waals surface area contributed by atoms with E-state index in [1.807, 2.05) is 11.3 Å². The summed E-state index contributed by atoms with van der Waals surface area (Å²) in [5, 5.41) is 8.19. The maximum absolute atomic E-state index is 3.71. The first-order chi connectivity index (χ1) is 6.85. The molecule has 78 valence electrons. The third-order valence-electron chi connectivity index (χ3n) is 3.18. The van der Waals surface area contributed by atoms with E-state index >= 15 is 0 Å². The lowest BCUT2D eigenvalue weighted by molar-refractivity contribution is 0.342. The number of hydrogen-bond donors (Lipinski definition) is 1. The fourth-order valence-corrected chi connectivity index (χ4v) is 3.25. The molecule has 0 aromatic carbocycles. The molecule has 1 nitrogen and oxygen atoms in total. The van der Waals surface area contributed by atoms with Gasteiger partial charge in [-0.25, -0.2) is 0 Å². The quantitative estimate of drug-likeness (QED) is 0.803. The Morgan fingerprint density at radius 3 is 3.07 bits per heavy atom. The molecule has 1 N–H and O–H groups in total. The van der Waals surface area contributed by atoms with Gasteiger partial charge in [0.1, 0.15) is 0 Å². The van der Waals surface area contributed by atoms with Gasteiger partial charge < -0.3 is 5.32 Å². The average Bonchev–Trinajstić information content (AvgIpc) is 2.78. The SMILES string of the molecule is CCCC1(Cc2ccsc2)CCCN1. The van der Waals surface area contributed by atoms with Gasteiger partial charge >= 0.3 is 0 Å². The Bertz CT molecular complexity index is 260. The molecule has 0 radical (unpaired) electrons. The molecule has 1 atom stereocenters. The van der Waals surface area contributed by atoms with Crippen LogP contribution < -0.4 is 5.32 Å². The van der Waals surface area contributed by atoms with Gasteiger partial charge in [0.15, 0.2) is 0 Å². The van der Waals surface area contributed by atoms with Crippen LogP contribution in [0.3, 0.4) is 0 Å². The van der Waals surface area contributed by atoms with E-state index < -0.39 is 0 Å².